The van der Waals surface area contributed by atoms with Gasteiger partial charge in [-0.3, -0.25) is 4.99 Å². The van der Waals surface area contributed by atoms with Crippen LogP contribution in [0.25, 0.3) is 10.9 Å². The molecule has 140 valence electrons. The molecule has 1 saturated carbocycles. The third-order valence-corrected chi connectivity index (χ3v) is 5.62. The number of fused-ring (bicyclic) bond motifs is 1. The number of hydrogen-bond acceptors (Lipinski definition) is 3. The van der Waals surface area contributed by atoms with E-state index in [0.717, 1.165) is 41.4 Å². The van der Waals surface area contributed by atoms with Crippen LogP contribution >= 0.6 is 0 Å². The number of benzene rings is 1. The molecule has 0 amide bonds. The smallest absolute Gasteiger partial charge is 0.163 e. The summed E-state index contributed by atoms with van der Waals surface area (Å²) in [5.74, 6) is 0. The fourth-order valence-electron chi connectivity index (χ4n) is 4.02. The molecule has 0 spiro atoms. The average molecular weight is 368 g/mol. The molecular weight excluding hydrogens is 346 g/mol. The van der Waals surface area contributed by atoms with E-state index in [1.807, 2.05) is 25.1 Å². The molecule has 1 fully saturated rings. The number of aryl methyl sites for hydroxylation is 1. The number of allylic oxidation sites excluding steroid dienone is 1. The van der Waals surface area contributed by atoms with Crippen LogP contribution in [0.5, 0.6) is 0 Å². The molecule has 0 bridgehead atoms. The largest absolute Gasteiger partial charge is 0.343 e. The molecule has 2 heterocycles. The zero-order valence-corrected chi connectivity index (χ0v) is 15.3. The Morgan fingerprint density at radius 3 is 2.70 bits per heavy atom. The minimum absolute atomic E-state index is 0.296. The van der Waals surface area contributed by atoms with Crippen molar-refractivity contribution in [2.75, 3.05) is 13.3 Å². The first-order valence-corrected chi connectivity index (χ1v) is 9.33. The lowest BCUT2D eigenvalue weighted by Crippen LogP contribution is -2.39. The van der Waals surface area contributed by atoms with Crippen molar-refractivity contribution >= 4 is 17.1 Å². The summed E-state index contributed by atoms with van der Waals surface area (Å²) < 4.78 is 29.1. The highest BCUT2D eigenvalue weighted by molar-refractivity contribution is 5.89. The van der Waals surface area contributed by atoms with Gasteiger partial charge in [0.25, 0.3) is 0 Å². The molecule has 2 aliphatic rings. The van der Waals surface area contributed by atoms with E-state index in [-0.39, 0.29) is 0 Å². The van der Waals surface area contributed by atoms with E-state index in [4.69, 9.17) is 0 Å². The van der Waals surface area contributed by atoms with Crippen molar-refractivity contribution < 1.29 is 8.78 Å². The van der Waals surface area contributed by atoms with E-state index in [1.54, 1.807) is 23.4 Å². The van der Waals surface area contributed by atoms with Crippen LogP contribution in [0.4, 0.5) is 8.78 Å². The van der Waals surface area contributed by atoms with E-state index in [1.165, 1.54) is 0 Å². The number of hydrogen-bond donors (Lipinski definition) is 0. The number of nitrogens with zero attached hydrogens (tertiary/aromatic N) is 4. The maximum Gasteiger partial charge on any atom is 0.163 e. The Morgan fingerprint density at radius 2 is 2.07 bits per heavy atom. The number of nitriles is 1. The van der Waals surface area contributed by atoms with Crippen LogP contribution in [0, 0.1) is 18.3 Å². The summed E-state index contributed by atoms with van der Waals surface area (Å²) in [5, 5.41) is 10.9. The Kier molecular flexibility index (Phi) is 4.69. The lowest BCUT2D eigenvalue weighted by molar-refractivity contribution is 0.140. The number of alkyl halides is 2. The lowest BCUT2D eigenvalue weighted by atomic mass is 9.92. The zero-order chi connectivity index (χ0) is 19.0. The Morgan fingerprint density at radius 1 is 1.30 bits per heavy atom. The summed E-state index contributed by atoms with van der Waals surface area (Å²) in [5.41, 5.74) is 3.37. The molecule has 6 heteroatoms. The van der Waals surface area contributed by atoms with Crippen LogP contribution in [0.15, 0.2) is 35.5 Å². The fraction of sp³-hybridized carbons (Fsp3) is 0.429. The minimum Gasteiger partial charge on any atom is -0.343 e. The maximum absolute atomic E-state index is 13.5. The first-order valence-electron chi connectivity index (χ1n) is 9.33. The zero-order valence-electron chi connectivity index (χ0n) is 15.3. The summed E-state index contributed by atoms with van der Waals surface area (Å²) >= 11 is 0. The van der Waals surface area contributed by atoms with Crippen molar-refractivity contribution in [3.8, 4) is 6.07 Å². The van der Waals surface area contributed by atoms with Gasteiger partial charge in [0.05, 0.1) is 17.3 Å². The second kappa shape index (κ2) is 7.15. The first-order chi connectivity index (χ1) is 13.2. The summed E-state index contributed by atoms with van der Waals surface area (Å²) in [6.45, 7) is 0.381. The molecule has 1 unspecified atom stereocenters. The molecule has 0 saturated heterocycles. The summed E-state index contributed by atoms with van der Waals surface area (Å²) in [6, 6.07) is 7.83. The molecule has 1 aromatic carbocycles. The minimum atomic E-state index is -0.912. The third kappa shape index (κ3) is 2.82. The molecule has 4 rings (SSSR count). The van der Waals surface area contributed by atoms with Gasteiger partial charge in [0.2, 0.25) is 0 Å². The van der Waals surface area contributed by atoms with Crippen molar-refractivity contribution in [1.29, 1.82) is 5.26 Å². The van der Waals surface area contributed by atoms with Crippen LogP contribution in [0.2, 0.25) is 0 Å². The molecule has 0 radical (unpaired) electrons. The van der Waals surface area contributed by atoms with Crippen LogP contribution in [0.1, 0.15) is 48.3 Å². The quantitative estimate of drug-likeness (QED) is 0.764. The van der Waals surface area contributed by atoms with Crippen LogP contribution in [-0.4, -0.2) is 35.1 Å². The van der Waals surface area contributed by atoms with Crippen LogP contribution in [0.3, 0.4) is 0 Å². The number of rotatable bonds is 5. The lowest BCUT2D eigenvalue weighted by Gasteiger charge is -2.37. The summed E-state index contributed by atoms with van der Waals surface area (Å²) in [6.07, 6.45) is 7.62. The van der Waals surface area contributed by atoms with Gasteiger partial charge in [0, 0.05) is 29.4 Å². The summed E-state index contributed by atoms with van der Waals surface area (Å²) in [4.78, 5) is 6.14. The number of aliphatic imine (C=N–C) groups is 1. The molecule has 1 aliphatic carbocycles. The van der Waals surface area contributed by atoms with E-state index < -0.39 is 25.6 Å². The highest BCUT2D eigenvalue weighted by Crippen LogP contribution is 2.43. The first kappa shape index (κ1) is 17.7. The van der Waals surface area contributed by atoms with Gasteiger partial charge in [0.15, 0.2) is 6.17 Å². The van der Waals surface area contributed by atoms with E-state index in [2.05, 4.69) is 15.6 Å². The van der Waals surface area contributed by atoms with Gasteiger partial charge < -0.3 is 9.47 Å². The molecule has 2 aromatic rings. The van der Waals surface area contributed by atoms with E-state index in [9.17, 15) is 14.0 Å². The van der Waals surface area contributed by atoms with Gasteiger partial charge in [-0.2, -0.15) is 5.26 Å². The van der Waals surface area contributed by atoms with Gasteiger partial charge >= 0.3 is 0 Å². The standard InChI is InChI=1S/C21H22F2N4/c1-14-6-7-19-17(10-14)18(13-24)20(27(19)15-4-2-5-15)21-25-8-3-9-26(21)16(11-22)12-23/h3,6-10,15-16,21H,2,4-5,11-12H2,1H3. The normalized spacial score (nSPS) is 19.7. The van der Waals surface area contributed by atoms with Crippen molar-refractivity contribution in [3.63, 3.8) is 0 Å². The Labute approximate surface area is 157 Å². The third-order valence-electron chi connectivity index (χ3n) is 5.62. The van der Waals surface area contributed by atoms with Gasteiger partial charge in [-0.1, -0.05) is 11.6 Å². The predicted octanol–water partition coefficient (Wildman–Crippen LogP) is 4.75. The topological polar surface area (TPSA) is 44.3 Å². The van der Waals surface area contributed by atoms with Gasteiger partial charge in [-0.25, -0.2) is 8.78 Å². The van der Waals surface area contributed by atoms with Crippen molar-refractivity contribution in [3.05, 3.63) is 47.3 Å². The summed E-state index contributed by atoms with van der Waals surface area (Å²) in [7, 11) is 0. The maximum atomic E-state index is 13.5. The SMILES string of the molecule is Cc1ccc2c(c1)c(C#N)c(C1N=CC=CN1C(CF)CF)n2C1CCC1. The van der Waals surface area contributed by atoms with Crippen molar-refractivity contribution in [1.82, 2.24) is 9.47 Å². The molecule has 1 atom stereocenters. The molecule has 1 aliphatic heterocycles. The molecule has 4 nitrogen and oxygen atoms in total. The highest BCUT2D eigenvalue weighted by Gasteiger charge is 2.35. The van der Waals surface area contributed by atoms with Crippen LogP contribution < -0.4 is 0 Å². The highest BCUT2D eigenvalue weighted by atomic mass is 19.1. The monoisotopic (exact) mass is 368 g/mol. The molecular formula is C21H22F2N4. The Hall–Kier alpha value is -2.68. The second-order valence-electron chi connectivity index (χ2n) is 7.27. The number of aromatic nitrogens is 1. The van der Waals surface area contributed by atoms with Crippen molar-refractivity contribution in [2.24, 2.45) is 4.99 Å². The molecule has 1 aromatic heterocycles. The van der Waals surface area contributed by atoms with Crippen LogP contribution in [-0.2, 0) is 0 Å². The number of halogens is 2. The van der Waals surface area contributed by atoms with E-state index >= 15 is 0 Å². The van der Waals surface area contributed by atoms with Gasteiger partial charge in [0.1, 0.15) is 19.4 Å². The average Bonchev–Trinajstić information content (AvgIpc) is 2.95. The predicted molar refractivity (Wildman–Crippen MR) is 102 cm³/mol. The molecule has 0 N–H and O–H groups in total. The van der Waals surface area contributed by atoms with Gasteiger partial charge in [-0.15, -0.1) is 0 Å². The van der Waals surface area contributed by atoms with E-state index in [0.29, 0.717) is 11.6 Å². The van der Waals surface area contributed by atoms with Gasteiger partial charge in [-0.05, 0) is 44.4 Å². The Balaban J connectivity index is 1.95. The molecule has 27 heavy (non-hydrogen) atoms. The second-order valence-corrected chi connectivity index (χ2v) is 7.27. The fourth-order valence-corrected chi connectivity index (χ4v) is 4.02. The van der Waals surface area contributed by atoms with Crippen molar-refractivity contribution in [2.45, 2.75) is 44.4 Å². The Bertz CT molecular complexity index is 945.